The van der Waals surface area contributed by atoms with Crippen LogP contribution in [0.1, 0.15) is 0 Å². The number of H-pyrrole nitrogens is 1. The van der Waals surface area contributed by atoms with Gasteiger partial charge in [-0.15, -0.1) is 11.3 Å². The summed E-state index contributed by atoms with van der Waals surface area (Å²) in [7, 11) is 0. The molecule has 1 amide bonds. The van der Waals surface area contributed by atoms with Gasteiger partial charge in [0, 0.05) is 17.0 Å². The van der Waals surface area contributed by atoms with Crippen LogP contribution in [0.25, 0.3) is 11.3 Å². The van der Waals surface area contributed by atoms with Crippen molar-refractivity contribution in [3.63, 3.8) is 0 Å². The number of nitrogens with zero attached hydrogens (tertiary/aromatic N) is 2. The molecule has 0 aliphatic carbocycles. The van der Waals surface area contributed by atoms with Crippen molar-refractivity contribution in [1.29, 1.82) is 0 Å². The normalized spacial score (nSPS) is 14.9. The number of carbonyl (C=O) groups excluding carboxylic acids is 1. The number of carbonyl (C=O) groups is 1. The highest BCUT2D eigenvalue weighted by molar-refractivity contribution is 7.14. The van der Waals surface area contributed by atoms with Crippen molar-refractivity contribution in [3.05, 3.63) is 60.1 Å². The van der Waals surface area contributed by atoms with Gasteiger partial charge in [-0.2, -0.15) is 0 Å². The van der Waals surface area contributed by atoms with Crippen molar-refractivity contribution in [1.82, 2.24) is 4.98 Å². The van der Waals surface area contributed by atoms with Gasteiger partial charge in [0.05, 0.1) is 11.9 Å². The lowest BCUT2D eigenvalue weighted by molar-refractivity contribution is -0.892. The van der Waals surface area contributed by atoms with E-state index in [9.17, 15) is 4.79 Å². The van der Waals surface area contributed by atoms with Gasteiger partial charge in [0.15, 0.2) is 11.7 Å². The number of thiazole rings is 1. The molecule has 1 saturated heterocycles. The Morgan fingerprint density at radius 2 is 1.93 bits per heavy atom. The Morgan fingerprint density at radius 3 is 2.67 bits per heavy atom. The van der Waals surface area contributed by atoms with E-state index in [1.165, 1.54) is 16.2 Å². The molecule has 7 heteroatoms. The number of hydrogen-bond donors (Lipinski definition) is 2. The molecule has 1 aromatic carbocycles. The number of benzene rings is 1. The van der Waals surface area contributed by atoms with Crippen LogP contribution in [0.2, 0.25) is 0 Å². The lowest BCUT2D eigenvalue weighted by Gasteiger charge is -2.27. The van der Waals surface area contributed by atoms with Gasteiger partial charge in [0.1, 0.15) is 26.2 Å². The summed E-state index contributed by atoms with van der Waals surface area (Å²) in [6.45, 7) is 4.26. The average Bonchev–Trinajstić information content (AvgIpc) is 3.18. The summed E-state index contributed by atoms with van der Waals surface area (Å²) in [5.74, 6) is 1.16. The zero-order valence-electron chi connectivity index (χ0n) is 15.0. The Kier molecular flexibility index (Phi) is 5.41. The first-order chi connectivity index (χ1) is 13.3. The van der Waals surface area contributed by atoms with Gasteiger partial charge in [-0.1, -0.05) is 36.4 Å². The van der Waals surface area contributed by atoms with Crippen molar-refractivity contribution in [2.45, 2.75) is 0 Å². The minimum atomic E-state index is 0.0266. The molecule has 6 nitrogen and oxygen atoms in total. The minimum Gasteiger partial charge on any atom is -0.321 e. The third kappa shape index (κ3) is 4.50. The fraction of sp³-hybridized carbons (Fsp3) is 0.250. The van der Waals surface area contributed by atoms with Crippen molar-refractivity contribution < 1.29 is 14.7 Å². The summed E-state index contributed by atoms with van der Waals surface area (Å²) >= 11 is 1.47. The molecule has 0 unspecified atom stereocenters. The Labute approximate surface area is 162 Å². The second-order valence-corrected chi connectivity index (χ2v) is 7.47. The van der Waals surface area contributed by atoms with E-state index in [1.807, 2.05) is 54.0 Å². The fourth-order valence-corrected chi connectivity index (χ4v) is 4.02. The van der Waals surface area contributed by atoms with Gasteiger partial charge in [-0.3, -0.25) is 15.0 Å². The minimum absolute atomic E-state index is 0.0266. The molecule has 0 spiro atoms. The maximum Gasteiger partial charge on any atom is 0.281 e. The van der Waals surface area contributed by atoms with E-state index < -0.39 is 0 Å². The highest BCUT2D eigenvalue weighted by atomic mass is 32.1. The molecule has 3 N–H and O–H groups in total. The number of amides is 1. The molecule has 3 heterocycles. The van der Waals surface area contributed by atoms with Crippen LogP contribution >= 0.6 is 11.3 Å². The maximum absolute atomic E-state index is 12.4. The Bertz CT molecular complexity index is 876. The molecular weight excluding hydrogens is 358 g/mol. The predicted molar refractivity (Wildman–Crippen MR) is 107 cm³/mol. The number of quaternary nitrogens is 1. The molecule has 0 saturated carbocycles. The monoisotopic (exact) mass is 381 g/mol. The third-order valence-electron chi connectivity index (χ3n) is 4.73. The first kappa shape index (κ1) is 17.6. The van der Waals surface area contributed by atoms with Gasteiger partial charge < -0.3 is 4.90 Å². The zero-order chi connectivity index (χ0) is 18.5. The molecule has 1 fully saturated rings. The molecule has 0 radical (unpaired) electrons. The molecule has 0 bridgehead atoms. The summed E-state index contributed by atoms with van der Waals surface area (Å²) in [4.78, 5) is 23.8. The first-order valence-electron chi connectivity index (χ1n) is 9.14. The molecule has 2 aromatic heterocycles. The molecule has 3 aromatic rings. The second kappa shape index (κ2) is 8.28. The number of aromatic amines is 1. The molecule has 4 rings (SSSR count). The molecule has 1 aliphatic rings. The van der Waals surface area contributed by atoms with E-state index in [0.717, 1.165) is 43.3 Å². The number of anilines is 2. The van der Waals surface area contributed by atoms with Crippen molar-refractivity contribution in [2.75, 3.05) is 42.9 Å². The van der Waals surface area contributed by atoms with E-state index in [-0.39, 0.29) is 5.91 Å². The van der Waals surface area contributed by atoms with Gasteiger partial charge in [-0.25, -0.2) is 9.97 Å². The Balaban J connectivity index is 1.27. The van der Waals surface area contributed by atoms with Gasteiger partial charge in [0.2, 0.25) is 0 Å². The highest BCUT2D eigenvalue weighted by Gasteiger charge is 2.27. The fourth-order valence-electron chi connectivity index (χ4n) is 3.28. The van der Waals surface area contributed by atoms with Crippen LogP contribution in [0.15, 0.2) is 60.1 Å². The van der Waals surface area contributed by atoms with E-state index in [0.29, 0.717) is 11.7 Å². The van der Waals surface area contributed by atoms with Crippen LogP contribution in [-0.2, 0) is 4.79 Å². The topological polar surface area (TPSA) is 63.8 Å². The third-order valence-corrected chi connectivity index (χ3v) is 5.49. The number of rotatable bonds is 5. The molecule has 1 aliphatic heterocycles. The Hall–Kier alpha value is -2.77. The largest absolute Gasteiger partial charge is 0.321 e. The molecule has 138 valence electrons. The van der Waals surface area contributed by atoms with E-state index >= 15 is 0 Å². The van der Waals surface area contributed by atoms with Gasteiger partial charge in [-0.05, 0) is 6.07 Å². The number of aromatic nitrogens is 2. The zero-order valence-corrected chi connectivity index (χ0v) is 15.8. The van der Waals surface area contributed by atoms with E-state index in [1.54, 1.807) is 0 Å². The summed E-state index contributed by atoms with van der Waals surface area (Å²) in [5, 5.41) is 5.59. The number of pyridine rings is 1. The Morgan fingerprint density at radius 1 is 1.15 bits per heavy atom. The lowest BCUT2D eigenvalue weighted by atomic mass is 10.2. The van der Waals surface area contributed by atoms with Crippen LogP contribution in [0.5, 0.6) is 0 Å². The average molecular weight is 382 g/mol. The van der Waals surface area contributed by atoms with Crippen molar-refractivity contribution in [2.24, 2.45) is 0 Å². The summed E-state index contributed by atoms with van der Waals surface area (Å²) < 4.78 is 0. The van der Waals surface area contributed by atoms with Crippen LogP contribution in [0, 0.1) is 0 Å². The summed E-state index contributed by atoms with van der Waals surface area (Å²) in [6.07, 6.45) is 1.94. The van der Waals surface area contributed by atoms with Crippen molar-refractivity contribution in [3.8, 4) is 11.3 Å². The first-order valence-corrected chi connectivity index (χ1v) is 10.0. The molecule has 27 heavy (non-hydrogen) atoms. The quantitative estimate of drug-likeness (QED) is 0.692. The number of piperazine rings is 1. The van der Waals surface area contributed by atoms with E-state index in [2.05, 4.69) is 26.3 Å². The van der Waals surface area contributed by atoms with Crippen LogP contribution in [0.4, 0.5) is 10.9 Å². The standard InChI is InChI=1S/C20H21N5OS/c26-19(23-20-22-17(15-27-20)16-6-2-1-3-7-16)14-24-10-12-25(13-11-24)18-8-4-5-9-21-18/h1-9,15H,10-14H2,(H,22,23,26)/p+2. The summed E-state index contributed by atoms with van der Waals surface area (Å²) in [6, 6.07) is 16.1. The number of nitrogens with one attached hydrogen (secondary N) is 3. The van der Waals surface area contributed by atoms with Crippen LogP contribution < -0.4 is 20.1 Å². The SMILES string of the molecule is O=C(C[NH+]1CCN(c2cccc[nH+]2)CC1)Nc1nc(-c2ccccc2)cs1. The second-order valence-electron chi connectivity index (χ2n) is 6.61. The van der Waals surface area contributed by atoms with Crippen LogP contribution in [0.3, 0.4) is 0 Å². The summed E-state index contributed by atoms with van der Waals surface area (Å²) in [5.41, 5.74) is 1.96. The van der Waals surface area contributed by atoms with Crippen LogP contribution in [-0.4, -0.2) is 43.6 Å². The molecular formula is C20H23N5OS+2. The predicted octanol–water partition coefficient (Wildman–Crippen LogP) is 0.968. The van der Waals surface area contributed by atoms with E-state index in [4.69, 9.17) is 0 Å². The van der Waals surface area contributed by atoms with Crippen molar-refractivity contribution >= 4 is 28.2 Å². The lowest BCUT2D eigenvalue weighted by Crippen LogP contribution is -3.15. The number of hydrogen-bond acceptors (Lipinski definition) is 4. The van der Waals surface area contributed by atoms with Gasteiger partial charge in [0.25, 0.3) is 11.7 Å². The maximum atomic E-state index is 12.4. The molecule has 0 atom stereocenters. The highest BCUT2D eigenvalue weighted by Crippen LogP contribution is 2.24. The van der Waals surface area contributed by atoms with Gasteiger partial charge >= 0.3 is 0 Å². The smallest absolute Gasteiger partial charge is 0.281 e.